The molecule has 0 bridgehead atoms. The van der Waals surface area contributed by atoms with Crippen LogP contribution in [0.3, 0.4) is 0 Å². The summed E-state index contributed by atoms with van der Waals surface area (Å²) in [6, 6.07) is 6.68. The molecule has 0 saturated carbocycles. The number of benzene rings is 1. The Kier molecular flexibility index (Phi) is 7.15. The molecular formula is C19H28N4O4. The van der Waals surface area contributed by atoms with Crippen molar-refractivity contribution in [3.8, 4) is 0 Å². The van der Waals surface area contributed by atoms with Gasteiger partial charge in [0.2, 0.25) is 11.8 Å². The van der Waals surface area contributed by atoms with Gasteiger partial charge in [-0.15, -0.1) is 0 Å². The summed E-state index contributed by atoms with van der Waals surface area (Å²) in [6.07, 6.45) is 1.24. The van der Waals surface area contributed by atoms with E-state index in [-0.39, 0.29) is 34.9 Å². The number of carbonyl (C=O) groups excluding carboxylic acids is 2. The maximum atomic E-state index is 12.7. The van der Waals surface area contributed by atoms with Gasteiger partial charge in [-0.3, -0.25) is 19.7 Å². The molecule has 0 aromatic heterocycles. The molecular weight excluding hydrogens is 348 g/mol. The summed E-state index contributed by atoms with van der Waals surface area (Å²) < 4.78 is 0. The standard InChI is InChI=1S/C19H28N4O4/c1-4-21(5-2)18(24)14-20(3)19(25)15-10-12-22(13-11-15)16-8-6-7-9-17(16)23(26)27/h6-9,15H,4-5,10-14H2,1-3H3. The molecule has 0 spiro atoms. The first-order chi connectivity index (χ1) is 12.9. The predicted octanol–water partition coefficient (Wildman–Crippen LogP) is 2.14. The van der Waals surface area contributed by atoms with Crippen LogP contribution >= 0.6 is 0 Å². The van der Waals surface area contributed by atoms with Crippen LogP contribution in [0.1, 0.15) is 26.7 Å². The second-order valence-corrected chi connectivity index (χ2v) is 6.77. The quantitative estimate of drug-likeness (QED) is 0.537. The van der Waals surface area contributed by atoms with Gasteiger partial charge in [-0.25, -0.2) is 0 Å². The highest BCUT2D eigenvalue weighted by Crippen LogP contribution is 2.31. The Morgan fingerprint density at radius 1 is 1.19 bits per heavy atom. The van der Waals surface area contributed by atoms with Crippen molar-refractivity contribution >= 4 is 23.2 Å². The lowest BCUT2D eigenvalue weighted by Crippen LogP contribution is -2.45. The summed E-state index contributed by atoms with van der Waals surface area (Å²) in [6.45, 7) is 6.35. The van der Waals surface area contributed by atoms with Gasteiger partial charge in [0.05, 0.1) is 11.5 Å². The Morgan fingerprint density at radius 3 is 2.33 bits per heavy atom. The molecule has 1 aromatic rings. The summed E-state index contributed by atoms with van der Waals surface area (Å²) in [5, 5.41) is 11.2. The maximum absolute atomic E-state index is 12.7. The van der Waals surface area contributed by atoms with Gasteiger partial charge >= 0.3 is 0 Å². The van der Waals surface area contributed by atoms with Gasteiger partial charge in [-0.1, -0.05) is 12.1 Å². The lowest BCUT2D eigenvalue weighted by molar-refractivity contribution is -0.384. The Balaban J connectivity index is 1.94. The van der Waals surface area contributed by atoms with E-state index >= 15 is 0 Å². The van der Waals surface area contributed by atoms with Gasteiger partial charge in [0.25, 0.3) is 5.69 Å². The largest absolute Gasteiger partial charge is 0.366 e. The molecule has 1 fully saturated rings. The van der Waals surface area contributed by atoms with Crippen LogP contribution in [0.4, 0.5) is 11.4 Å². The highest BCUT2D eigenvalue weighted by molar-refractivity contribution is 5.86. The minimum atomic E-state index is -0.376. The SMILES string of the molecule is CCN(CC)C(=O)CN(C)C(=O)C1CCN(c2ccccc2[N+](=O)[O-])CC1. The van der Waals surface area contributed by atoms with E-state index in [0.29, 0.717) is 44.7 Å². The van der Waals surface area contributed by atoms with Crippen molar-refractivity contribution in [3.63, 3.8) is 0 Å². The molecule has 148 valence electrons. The fourth-order valence-electron chi connectivity index (χ4n) is 3.52. The van der Waals surface area contributed by atoms with E-state index in [4.69, 9.17) is 0 Å². The van der Waals surface area contributed by atoms with Crippen molar-refractivity contribution < 1.29 is 14.5 Å². The topological polar surface area (TPSA) is 87.0 Å². The van der Waals surface area contributed by atoms with E-state index < -0.39 is 0 Å². The predicted molar refractivity (Wildman–Crippen MR) is 104 cm³/mol. The van der Waals surface area contributed by atoms with E-state index in [0.717, 1.165) is 0 Å². The van der Waals surface area contributed by atoms with Crippen LogP contribution in [0.5, 0.6) is 0 Å². The van der Waals surface area contributed by atoms with Crippen molar-refractivity contribution in [2.24, 2.45) is 5.92 Å². The van der Waals surface area contributed by atoms with Crippen molar-refractivity contribution in [1.82, 2.24) is 9.80 Å². The smallest absolute Gasteiger partial charge is 0.292 e. The summed E-state index contributed by atoms with van der Waals surface area (Å²) in [4.78, 5) is 40.9. The fraction of sp³-hybridized carbons (Fsp3) is 0.579. The first-order valence-electron chi connectivity index (χ1n) is 9.40. The number of piperidine rings is 1. The van der Waals surface area contributed by atoms with Gasteiger partial charge in [-0.05, 0) is 32.8 Å². The number of rotatable bonds is 7. The van der Waals surface area contributed by atoms with Crippen molar-refractivity contribution in [2.75, 3.05) is 44.7 Å². The second-order valence-electron chi connectivity index (χ2n) is 6.77. The number of hydrogen-bond acceptors (Lipinski definition) is 5. The molecule has 1 aromatic carbocycles. The van der Waals surface area contributed by atoms with Crippen molar-refractivity contribution in [2.45, 2.75) is 26.7 Å². The van der Waals surface area contributed by atoms with Crippen LogP contribution in [-0.2, 0) is 9.59 Å². The molecule has 1 aliphatic heterocycles. The molecule has 1 heterocycles. The molecule has 8 nitrogen and oxygen atoms in total. The average Bonchev–Trinajstić information content (AvgIpc) is 2.68. The molecule has 0 radical (unpaired) electrons. The van der Waals surface area contributed by atoms with Crippen LogP contribution in [0.25, 0.3) is 0 Å². The summed E-state index contributed by atoms with van der Waals surface area (Å²) in [5.41, 5.74) is 0.683. The maximum Gasteiger partial charge on any atom is 0.292 e. The first kappa shape index (κ1) is 20.7. The monoisotopic (exact) mass is 376 g/mol. The highest BCUT2D eigenvalue weighted by Gasteiger charge is 2.30. The summed E-state index contributed by atoms with van der Waals surface area (Å²) in [5.74, 6) is -0.232. The number of para-hydroxylation sites is 2. The lowest BCUT2D eigenvalue weighted by Gasteiger charge is -2.34. The van der Waals surface area contributed by atoms with Crippen LogP contribution in [0.15, 0.2) is 24.3 Å². The first-order valence-corrected chi connectivity index (χ1v) is 9.40. The molecule has 27 heavy (non-hydrogen) atoms. The van der Waals surface area contributed by atoms with Crippen LogP contribution in [0.2, 0.25) is 0 Å². The summed E-state index contributed by atoms with van der Waals surface area (Å²) >= 11 is 0. The van der Waals surface area contributed by atoms with Crippen LogP contribution in [0, 0.1) is 16.0 Å². The van der Waals surface area contributed by atoms with E-state index in [1.165, 1.54) is 11.0 Å². The Hall–Kier alpha value is -2.64. The minimum Gasteiger partial charge on any atom is -0.366 e. The molecule has 0 atom stereocenters. The number of amides is 2. The average molecular weight is 376 g/mol. The van der Waals surface area contributed by atoms with E-state index in [1.54, 1.807) is 30.1 Å². The van der Waals surface area contributed by atoms with Crippen LogP contribution < -0.4 is 4.90 Å². The number of carbonyl (C=O) groups is 2. The van der Waals surface area contributed by atoms with Crippen LogP contribution in [-0.4, -0.2) is 66.3 Å². The van der Waals surface area contributed by atoms with Gasteiger partial charge in [-0.2, -0.15) is 0 Å². The normalized spacial score (nSPS) is 14.7. The third kappa shape index (κ3) is 4.96. The molecule has 0 aliphatic carbocycles. The molecule has 1 aliphatic rings. The number of nitro groups is 1. The molecule has 0 unspecified atom stereocenters. The number of nitro benzene ring substituents is 1. The van der Waals surface area contributed by atoms with Gasteiger partial charge < -0.3 is 14.7 Å². The fourth-order valence-corrected chi connectivity index (χ4v) is 3.52. The van der Waals surface area contributed by atoms with Gasteiger partial charge in [0.1, 0.15) is 5.69 Å². The van der Waals surface area contributed by atoms with Gasteiger partial charge in [0.15, 0.2) is 0 Å². The third-order valence-corrected chi connectivity index (χ3v) is 5.13. The van der Waals surface area contributed by atoms with E-state index in [9.17, 15) is 19.7 Å². The number of likely N-dealkylation sites (N-methyl/N-ethyl adjacent to an activating group) is 2. The molecule has 0 N–H and O–H groups in total. The van der Waals surface area contributed by atoms with Gasteiger partial charge in [0, 0.05) is 45.2 Å². The Bertz CT molecular complexity index is 682. The number of hydrogen-bond donors (Lipinski definition) is 0. The zero-order valence-corrected chi connectivity index (χ0v) is 16.3. The third-order valence-electron chi connectivity index (χ3n) is 5.13. The second kappa shape index (κ2) is 9.34. The highest BCUT2D eigenvalue weighted by atomic mass is 16.6. The molecule has 2 amide bonds. The minimum absolute atomic E-state index is 0.0299. The Labute approximate surface area is 159 Å². The number of nitrogens with zero attached hydrogens (tertiary/aromatic N) is 4. The zero-order valence-electron chi connectivity index (χ0n) is 16.3. The molecule has 8 heteroatoms. The van der Waals surface area contributed by atoms with Crippen molar-refractivity contribution in [3.05, 3.63) is 34.4 Å². The Morgan fingerprint density at radius 2 is 1.78 bits per heavy atom. The number of anilines is 1. The molecule has 1 saturated heterocycles. The van der Waals surface area contributed by atoms with Crippen molar-refractivity contribution in [1.29, 1.82) is 0 Å². The van der Waals surface area contributed by atoms with E-state index in [1.807, 2.05) is 18.7 Å². The molecule has 2 rings (SSSR count). The lowest BCUT2D eigenvalue weighted by atomic mass is 9.95. The zero-order chi connectivity index (χ0) is 20.0. The van der Waals surface area contributed by atoms with E-state index in [2.05, 4.69) is 0 Å². The summed E-state index contributed by atoms with van der Waals surface area (Å²) in [7, 11) is 1.66.